The Morgan fingerprint density at radius 2 is 2.11 bits per heavy atom. The Morgan fingerprint density at radius 3 is 2.79 bits per heavy atom. The molecule has 0 aliphatic rings. The van der Waals surface area contributed by atoms with Gasteiger partial charge in [-0.25, -0.2) is 4.39 Å². The van der Waals surface area contributed by atoms with Crippen molar-refractivity contribution in [2.75, 3.05) is 24.8 Å². The van der Waals surface area contributed by atoms with Crippen LogP contribution in [0.5, 0.6) is 5.88 Å². The summed E-state index contributed by atoms with van der Waals surface area (Å²) in [6.45, 7) is 0.516. The molecule has 1 heterocycles. The first-order valence-corrected chi connectivity index (χ1v) is 5.86. The van der Waals surface area contributed by atoms with Crippen LogP contribution in [0.15, 0.2) is 36.4 Å². The van der Waals surface area contributed by atoms with Crippen LogP contribution in [-0.4, -0.2) is 19.1 Å². The van der Waals surface area contributed by atoms with Gasteiger partial charge in [-0.3, -0.25) is 0 Å². The third-order valence-corrected chi connectivity index (χ3v) is 2.76. The maximum absolute atomic E-state index is 13.1. The number of halogens is 1. The van der Waals surface area contributed by atoms with E-state index in [0.29, 0.717) is 23.9 Å². The summed E-state index contributed by atoms with van der Waals surface area (Å²) in [6, 6.07) is 9.89. The maximum atomic E-state index is 13.1. The van der Waals surface area contributed by atoms with E-state index in [-0.39, 0.29) is 5.82 Å². The van der Waals surface area contributed by atoms with Crippen molar-refractivity contribution in [1.82, 2.24) is 4.98 Å². The molecule has 0 amide bonds. The van der Waals surface area contributed by atoms with Crippen LogP contribution in [0.1, 0.15) is 5.56 Å². The first kappa shape index (κ1) is 13.1. The van der Waals surface area contributed by atoms with Crippen molar-refractivity contribution in [1.29, 1.82) is 0 Å². The molecule has 0 bridgehead atoms. The number of rotatable bonds is 4. The van der Waals surface area contributed by atoms with E-state index in [1.165, 1.54) is 12.1 Å². The molecule has 0 saturated carbocycles. The summed E-state index contributed by atoms with van der Waals surface area (Å²) in [4.78, 5) is 6.15. The molecule has 0 saturated heterocycles. The molecule has 4 nitrogen and oxygen atoms in total. The highest BCUT2D eigenvalue weighted by molar-refractivity contribution is 5.63. The van der Waals surface area contributed by atoms with E-state index in [0.717, 1.165) is 5.56 Å². The molecule has 2 aromatic rings. The van der Waals surface area contributed by atoms with Gasteiger partial charge in [-0.15, -0.1) is 0 Å². The highest BCUT2D eigenvalue weighted by Gasteiger charge is 2.09. The van der Waals surface area contributed by atoms with E-state index in [1.807, 2.05) is 18.0 Å². The number of benzene rings is 1. The molecular weight excluding hydrogens is 245 g/mol. The lowest BCUT2D eigenvalue weighted by atomic mass is 10.2. The van der Waals surface area contributed by atoms with Gasteiger partial charge in [0.15, 0.2) is 5.82 Å². The number of nitrogen functional groups attached to an aromatic ring is 1. The SMILES string of the molecule is COc1ccc(N)c(N(C)Cc2cccc(F)c2)n1. The minimum atomic E-state index is -0.252. The minimum absolute atomic E-state index is 0.252. The van der Waals surface area contributed by atoms with Gasteiger partial charge in [0.1, 0.15) is 5.82 Å². The van der Waals surface area contributed by atoms with Gasteiger partial charge in [0.25, 0.3) is 0 Å². The van der Waals surface area contributed by atoms with Crippen LogP contribution in [0.2, 0.25) is 0 Å². The number of hydrogen-bond donors (Lipinski definition) is 1. The Hall–Kier alpha value is -2.30. The highest BCUT2D eigenvalue weighted by atomic mass is 19.1. The van der Waals surface area contributed by atoms with Gasteiger partial charge in [-0.05, 0) is 23.8 Å². The summed E-state index contributed by atoms with van der Waals surface area (Å²) in [7, 11) is 3.40. The summed E-state index contributed by atoms with van der Waals surface area (Å²) in [6.07, 6.45) is 0. The van der Waals surface area contributed by atoms with Gasteiger partial charge in [0, 0.05) is 19.7 Å². The van der Waals surface area contributed by atoms with Crippen molar-refractivity contribution in [3.8, 4) is 5.88 Å². The number of ether oxygens (including phenoxy) is 1. The fourth-order valence-electron chi connectivity index (χ4n) is 1.85. The lowest BCUT2D eigenvalue weighted by molar-refractivity contribution is 0.398. The number of hydrogen-bond acceptors (Lipinski definition) is 4. The van der Waals surface area contributed by atoms with Crippen LogP contribution >= 0.6 is 0 Å². The topological polar surface area (TPSA) is 51.4 Å². The van der Waals surface area contributed by atoms with Gasteiger partial charge in [0.2, 0.25) is 5.88 Å². The number of nitrogens with two attached hydrogens (primary N) is 1. The van der Waals surface area contributed by atoms with Crippen molar-refractivity contribution in [2.45, 2.75) is 6.54 Å². The predicted octanol–water partition coefficient (Wildman–Crippen LogP) is 2.45. The van der Waals surface area contributed by atoms with Crippen molar-refractivity contribution in [3.63, 3.8) is 0 Å². The highest BCUT2D eigenvalue weighted by Crippen LogP contribution is 2.24. The fraction of sp³-hybridized carbons (Fsp3) is 0.214. The summed E-state index contributed by atoms with van der Waals surface area (Å²) >= 11 is 0. The lowest BCUT2D eigenvalue weighted by Crippen LogP contribution is -2.19. The Bertz CT molecular complexity index is 574. The molecule has 0 unspecified atom stereocenters. The molecule has 0 fully saturated rings. The second-order valence-electron chi connectivity index (χ2n) is 4.25. The third kappa shape index (κ3) is 3.13. The van der Waals surface area contributed by atoms with Crippen LogP contribution in [0.4, 0.5) is 15.9 Å². The number of pyridine rings is 1. The van der Waals surface area contributed by atoms with E-state index in [9.17, 15) is 4.39 Å². The molecule has 100 valence electrons. The van der Waals surface area contributed by atoms with Gasteiger partial charge < -0.3 is 15.4 Å². The van der Waals surface area contributed by atoms with E-state index in [2.05, 4.69) is 4.98 Å². The molecule has 5 heteroatoms. The lowest BCUT2D eigenvalue weighted by Gasteiger charge is -2.20. The van der Waals surface area contributed by atoms with Crippen molar-refractivity contribution < 1.29 is 9.13 Å². The first-order valence-electron chi connectivity index (χ1n) is 5.86. The molecule has 2 N–H and O–H groups in total. The Kier molecular flexibility index (Phi) is 3.85. The van der Waals surface area contributed by atoms with Gasteiger partial charge >= 0.3 is 0 Å². The summed E-state index contributed by atoms with van der Waals surface area (Å²) < 4.78 is 18.2. The summed E-state index contributed by atoms with van der Waals surface area (Å²) in [5.74, 6) is 0.858. The summed E-state index contributed by atoms with van der Waals surface area (Å²) in [5.41, 5.74) is 7.30. The molecule has 19 heavy (non-hydrogen) atoms. The Morgan fingerprint density at radius 1 is 1.32 bits per heavy atom. The van der Waals surface area contributed by atoms with Crippen LogP contribution < -0.4 is 15.4 Å². The molecule has 0 aliphatic carbocycles. The van der Waals surface area contributed by atoms with Crippen LogP contribution in [0, 0.1) is 5.82 Å². The maximum Gasteiger partial charge on any atom is 0.215 e. The molecule has 0 aliphatic heterocycles. The van der Waals surface area contributed by atoms with Gasteiger partial charge in [-0.2, -0.15) is 4.98 Å². The zero-order valence-corrected chi connectivity index (χ0v) is 10.9. The van der Waals surface area contributed by atoms with E-state index < -0.39 is 0 Å². The fourth-order valence-corrected chi connectivity index (χ4v) is 1.85. The van der Waals surface area contributed by atoms with E-state index in [1.54, 1.807) is 25.3 Å². The average molecular weight is 261 g/mol. The van der Waals surface area contributed by atoms with E-state index in [4.69, 9.17) is 10.5 Å². The zero-order chi connectivity index (χ0) is 13.8. The van der Waals surface area contributed by atoms with E-state index >= 15 is 0 Å². The van der Waals surface area contributed by atoms with Gasteiger partial charge in [-0.1, -0.05) is 12.1 Å². The predicted molar refractivity (Wildman–Crippen MR) is 73.7 cm³/mol. The number of anilines is 2. The second-order valence-corrected chi connectivity index (χ2v) is 4.25. The van der Waals surface area contributed by atoms with Crippen LogP contribution in [0.3, 0.4) is 0 Å². The molecule has 2 rings (SSSR count). The smallest absolute Gasteiger partial charge is 0.215 e. The van der Waals surface area contributed by atoms with Crippen LogP contribution in [0.25, 0.3) is 0 Å². The molecular formula is C14H16FN3O. The molecule has 0 spiro atoms. The number of aromatic nitrogens is 1. The molecule has 1 aromatic heterocycles. The molecule has 0 radical (unpaired) electrons. The largest absolute Gasteiger partial charge is 0.481 e. The molecule has 0 atom stereocenters. The third-order valence-electron chi connectivity index (χ3n) is 2.76. The molecule has 1 aromatic carbocycles. The van der Waals surface area contributed by atoms with Crippen molar-refractivity contribution in [2.24, 2.45) is 0 Å². The summed E-state index contributed by atoms with van der Waals surface area (Å²) in [5, 5.41) is 0. The van der Waals surface area contributed by atoms with Crippen LogP contribution in [-0.2, 0) is 6.54 Å². The minimum Gasteiger partial charge on any atom is -0.481 e. The average Bonchev–Trinajstić information content (AvgIpc) is 2.39. The van der Waals surface area contributed by atoms with Gasteiger partial charge in [0.05, 0.1) is 12.8 Å². The normalized spacial score (nSPS) is 10.3. The number of methoxy groups -OCH3 is 1. The number of nitrogens with zero attached hydrogens (tertiary/aromatic N) is 2. The Balaban J connectivity index is 2.22. The standard InChI is InChI=1S/C14H16FN3O/c1-18(9-10-4-3-5-11(15)8-10)14-12(16)6-7-13(17-14)19-2/h3-8H,9,16H2,1-2H3. The van der Waals surface area contributed by atoms with Crippen molar-refractivity contribution >= 4 is 11.5 Å². The second kappa shape index (κ2) is 5.56. The van der Waals surface area contributed by atoms with Crippen molar-refractivity contribution in [3.05, 3.63) is 47.8 Å². The zero-order valence-electron chi connectivity index (χ0n) is 10.9. The first-order chi connectivity index (χ1) is 9.10. The monoisotopic (exact) mass is 261 g/mol. The quantitative estimate of drug-likeness (QED) is 0.918. The Labute approximate surface area is 111 Å².